The largest absolute Gasteiger partial charge is 0.208 e. The molecule has 0 saturated carbocycles. The van der Waals surface area contributed by atoms with Crippen LogP contribution in [0.3, 0.4) is 0 Å². The van der Waals surface area contributed by atoms with Crippen molar-refractivity contribution in [2.45, 2.75) is 0 Å². The lowest BCUT2D eigenvalue weighted by Gasteiger charge is -2.13. The number of nitrogens with zero attached hydrogens (tertiary/aromatic N) is 3. The van der Waals surface area contributed by atoms with Gasteiger partial charge in [0.1, 0.15) is 0 Å². The molecule has 0 aliphatic rings. The molecule has 1 heterocycles. The van der Waals surface area contributed by atoms with Gasteiger partial charge in [-0.05, 0) is 94.7 Å². The SMILES string of the molecule is c1ccc2cc(-c3ccc(-c4nc(-c5ccc(-c6ccc7ccccc7c6)cc5)nc(-c5cccc6c(-c7ccc8ccccc8c7)cccc56)n4)cc3)ccc2c1. The number of benzene rings is 10. The van der Waals surface area contributed by atoms with Crippen molar-refractivity contribution in [2.75, 3.05) is 0 Å². The Balaban J connectivity index is 1.03. The maximum absolute atomic E-state index is 5.21. The molecule has 0 fully saturated rings. The number of hydrogen-bond donors (Lipinski definition) is 0. The molecule has 0 bridgehead atoms. The van der Waals surface area contributed by atoms with Crippen molar-refractivity contribution in [3.63, 3.8) is 0 Å². The van der Waals surface area contributed by atoms with Crippen LogP contribution in [0.2, 0.25) is 0 Å². The molecule has 0 saturated heterocycles. The zero-order valence-corrected chi connectivity index (χ0v) is 31.5. The number of rotatable bonds is 6. The summed E-state index contributed by atoms with van der Waals surface area (Å²) in [7, 11) is 0. The van der Waals surface area contributed by atoms with Gasteiger partial charge in [-0.15, -0.1) is 0 Å². The summed E-state index contributed by atoms with van der Waals surface area (Å²) in [6, 6.07) is 75.5. The molecular formula is C55H35N3. The lowest BCUT2D eigenvalue weighted by molar-refractivity contribution is 1.08. The highest BCUT2D eigenvalue weighted by atomic mass is 15.0. The van der Waals surface area contributed by atoms with Gasteiger partial charge in [-0.3, -0.25) is 0 Å². The monoisotopic (exact) mass is 737 g/mol. The Morgan fingerprint density at radius 3 is 1.03 bits per heavy atom. The number of hydrogen-bond acceptors (Lipinski definition) is 3. The zero-order chi connectivity index (χ0) is 38.4. The standard InChI is InChI=1S/C55H35N3/c1-4-12-43-33-46(30-23-36(43)9-1)39-19-26-41(27-20-39)53-56-54(42-28-21-40(22-29-42)47-31-24-37-10-2-5-13-44(37)34-47)58-55(57-53)52-18-8-16-50-49(15-7-17-51(50)52)48-32-25-38-11-3-6-14-45(38)35-48/h1-35H. The number of fused-ring (bicyclic) bond motifs is 4. The van der Waals surface area contributed by atoms with Gasteiger partial charge in [-0.2, -0.15) is 0 Å². The Kier molecular flexibility index (Phi) is 8.15. The van der Waals surface area contributed by atoms with Gasteiger partial charge in [-0.25, -0.2) is 15.0 Å². The summed E-state index contributed by atoms with van der Waals surface area (Å²) in [5.74, 6) is 1.90. The predicted octanol–water partition coefficient (Wildman–Crippen LogP) is 14.5. The summed E-state index contributed by atoms with van der Waals surface area (Å²) in [5, 5.41) is 9.61. The van der Waals surface area contributed by atoms with Crippen molar-refractivity contribution < 1.29 is 0 Å². The van der Waals surface area contributed by atoms with Crippen molar-refractivity contribution in [1.82, 2.24) is 15.0 Å². The summed E-state index contributed by atoms with van der Waals surface area (Å²) in [6.45, 7) is 0. The first-order valence-electron chi connectivity index (χ1n) is 19.7. The Hall–Kier alpha value is -7.75. The molecule has 0 radical (unpaired) electrons. The van der Waals surface area contributed by atoms with Crippen LogP contribution >= 0.6 is 0 Å². The molecule has 0 aliphatic heterocycles. The van der Waals surface area contributed by atoms with E-state index in [-0.39, 0.29) is 0 Å². The first-order valence-corrected chi connectivity index (χ1v) is 19.7. The quantitative estimate of drug-likeness (QED) is 0.171. The third-order valence-corrected chi connectivity index (χ3v) is 11.3. The summed E-state index contributed by atoms with van der Waals surface area (Å²) in [4.78, 5) is 15.6. The van der Waals surface area contributed by atoms with E-state index in [0.717, 1.165) is 38.6 Å². The maximum atomic E-state index is 5.21. The molecule has 10 aromatic carbocycles. The summed E-state index contributed by atoms with van der Waals surface area (Å²) < 4.78 is 0. The lowest BCUT2D eigenvalue weighted by atomic mass is 9.94. The van der Waals surface area contributed by atoms with E-state index in [2.05, 4.69) is 212 Å². The van der Waals surface area contributed by atoms with Crippen LogP contribution in [0, 0.1) is 0 Å². The van der Waals surface area contributed by atoms with Gasteiger partial charge in [0.2, 0.25) is 0 Å². The van der Waals surface area contributed by atoms with Crippen LogP contribution in [-0.4, -0.2) is 15.0 Å². The average molecular weight is 738 g/mol. The first kappa shape index (κ1) is 33.6. The van der Waals surface area contributed by atoms with E-state index in [1.54, 1.807) is 0 Å². The van der Waals surface area contributed by atoms with Crippen LogP contribution in [0.15, 0.2) is 212 Å². The maximum Gasteiger partial charge on any atom is 0.164 e. The van der Waals surface area contributed by atoms with E-state index in [0.29, 0.717) is 17.5 Å². The molecule has 270 valence electrons. The molecule has 3 heteroatoms. The fraction of sp³-hybridized carbons (Fsp3) is 0. The van der Waals surface area contributed by atoms with E-state index >= 15 is 0 Å². The minimum Gasteiger partial charge on any atom is -0.208 e. The second-order valence-electron chi connectivity index (χ2n) is 14.9. The van der Waals surface area contributed by atoms with Crippen LogP contribution in [0.1, 0.15) is 0 Å². The molecule has 0 atom stereocenters. The molecule has 1 aromatic heterocycles. The second-order valence-corrected chi connectivity index (χ2v) is 14.9. The molecule has 11 rings (SSSR count). The van der Waals surface area contributed by atoms with Crippen LogP contribution in [0.5, 0.6) is 0 Å². The molecule has 0 N–H and O–H groups in total. The van der Waals surface area contributed by atoms with Gasteiger partial charge in [0.15, 0.2) is 17.5 Å². The Bertz CT molecular complexity index is 3190. The third kappa shape index (κ3) is 6.16. The molecular weight excluding hydrogens is 703 g/mol. The Labute approximate surface area is 336 Å². The molecule has 58 heavy (non-hydrogen) atoms. The van der Waals surface area contributed by atoms with E-state index in [1.165, 1.54) is 54.6 Å². The Morgan fingerprint density at radius 1 is 0.207 bits per heavy atom. The molecule has 0 unspecified atom stereocenters. The summed E-state index contributed by atoms with van der Waals surface area (Å²) in [5.41, 5.74) is 9.81. The van der Waals surface area contributed by atoms with Gasteiger partial charge in [0.25, 0.3) is 0 Å². The van der Waals surface area contributed by atoms with Gasteiger partial charge in [-0.1, -0.05) is 194 Å². The molecule has 0 aliphatic carbocycles. The van der Waals surface area contributed by atoms with Gasteiger partial charge < -0.3 is 0 Å². The van der Waals surface area contributed by atoms with Crippen LogP contribution in [0.25, 0.3) is 111 Å². The molecule has 0 spiro atoms. The van der Waals surface area contributed by atoms with Crippen LogP contribution < -0.4 is 0 Å². The zero-order valence-electron chi connectivity index (χ0n) is 31.5. The van der Waals surface area contributed by atoms with Crippen molar-refractivity contribution in [3.05, 3.63) is 212 Å². The fourth-order valence-corrected chi connectivity index (χ4v) is 8.23. The Morgan fingerprint density at radius 2 is 0.552 bits per heavy atom. The lowest BCUT2D eigenvalue weighted by Crippen LogP contribution is -2.00. The van der Waals surface area contributed by atoms with Crippen LogP contribution in [-0.2, 0) is 0 Å². The topological polar surface area (TPSA) is 38.7 Å². The van der Waals surface area contributed by atoms with E-state index < -0.39 is 0 Å². The van der Waals surface area contributed by atoms with Crippen LogP contribution in [0.4, 0.5) is 0 Å². The minimum absolute atomic E-state index is 0.631. The second kappa shape index (κ2) is 14.1. The molecule has 0 amide bonds. The summed E-state index contributed by atoms with van der Waals surface area (Å²) in [6.07, 6.45) is 0. The van der Waals surface area contributed by atoms with Crippen molar-refractivity contribution in [1.29, 1.82) is 0 Å². The minimum atomic E-state index is 0.631. The highest BCUT2D eigenvalue weighted by molar-refractivity contribution is 6.05. The molecule has 11 aromatic rings. The van der Waals surface area contributed by atoms with E-state index in [9.17, 15) is 0 Å². The first-order chi connectivity index (χ1) is 28.7. The highest BCUT2D eigenvalue weighted by Crippen LogP contribution is 2.37. The highest BCUT2D eigenvalue weighted by Gasteiger charge is 2.16. The van der Waals surface area contributed by atoms with Gasteiger partial charge in [0, 0.05) is 16.7 Å². The van der Waals surface area contributed by atoms with Crippen molar-refractivity contribution >= 4 is 43.1 Å². The smallest absolute Gasteiger partial charge is 0.164 e. The van der Waals surface area contributed by atoms with E-state index in [1.807, 2.05) is 0 Å². The van der Waals surface area contributed by atoms with Gasteiger partial charge in [0.05, 0.1) is 0 Å². The van der Waals surface area contributed by atoms with Crippen molar-refractivity contribution in [3.8, 4) is 67.5 Å². The van der Waals surface area contributed by atoms with Gasteiger partial charge >= 0.3 is 0 Å². The fourth-order valence-electron chi connectivity index (χ4n) is 8.23. The normalized spacial score (nSPS) is 11.4. The predicted molar refractivity (Wildman–Crippen MR) is 242 cm³/mol. The number of aromatic nitrogens is 3. The summed E-state index contributed by atoms with van der Waals surface area (Å²) >= 11 is 0. The van der Waals surface area contributed by atoms with Crippen molar-refractivity contribution in [2.24, 2.45) is 0 Å². The van der Waals surface area contributed by atoms with E-state index in [4.69, 9.17) is 15.0 Å². The third-order valence-electron chi connectivity index (χ3n) is 11.3. The average Bonchev–Trinajstić information content (AvgIpc) is 3.30. The molecule has 3 nitrogen and oxygen atoms in total.